The number of aromatic nitrogens is 2. The van der Waals surface area contributed by atoms with E-state index in [4.69, 9.17) is 4.42 Å². The molecule has 3 heterocycles. The Hall–Kier alpha value is -6.84. The molecule has 0 bridgehead atoms. The number of rotatable bonds is 4. The lowest BCUT2D eigenvalue weighted by Gasteiger charge is -2.14. The largest absolute Gasteiger partial charge is 0.455 e. The van der Waals surface area contributed by atoms with Crippen LogP contribution >= 0.6 is 0 Å². The van der Waals surface area contributed by atoms with Gasteiger partial charge in [0, 0.05) is 54.8 Å². The van der Waals surface area contributed by atoms with E-state index in [2.05, 4.69) is 179 Å². The minimum Gasteiger partial charge on any atom is -0.455 e. The molecule has 0 saturated carbocycles. The molecule has 0 unspecified atom stereocenters. The molecule has 11 aromatic rings. The van der Waals surface area contributed by atoms with Crippen molar-refractivity contribution in [3.8, 4) is 33.6 Å². The van der Waals surface area contributed by atoms with Gasteiger partial charge in [-0.25, -0.2) is 0 Å². The van der Waals surface area contributed by atoms with Crippen LogP contribution in [0.4, 0.5) is 0 Å². The number of benzene rings is 8. The van der Waals surface area contributed by atoms with Crippen LogP contribution in [0, 0.1) is 0 Å². The molecule has 0 aliphatic heterocycles. The zero-order valence-electron chi connectivity index (χ0n) is 27.6. The highest BCUT2D eigenvalue weighted by molar-refractivity contribution is 6.20. The molecule has 3 heteroatoms. The van der Waals surface area contributed by atoms with Crippen molar-refractivity contribution in [2.24, 2.45) is 0 Å². The summed E-state index contributed by atoms with van der Waals surface area (Å²) in [4.78, 5) is 0. The highest BCUT2D eigenvalue weighted by atomic mass is 16.3. The van der Waals surface area contributed by atoms with Crippen molar-refractivity contribution in [1.82, 2.24) is 9.13 Å². The Morgan fingerprint density at radius 3 is 1.73 bits per heavy atom. The Bertz CT molecular complexity index is 3120. The number of furan rings is 1. The van der Waals surface area contributed by atoms with E-state index < -0.39 is 0 Å². The van der Waals surface area contributed by atoms with Crippen LogP contribution in [-0.2, 0) is 0 Å². The quantitative estimate of drug-likeness (QED) is 0.186. The third kappa shape index (κ3) is 4.06. The van der Waals surface area contributed by atoms with E-state index in [0.29, 0.717) is 0 Å². The first-order chi connectivity index (χ1) is 25.3. The van der Waals surface area contributed by atoms with Gasteiger partial charge in [0.25, 0.3) is 0 Å². The summed E-state index contributed by atoms with van der Waals surface area (Å²) in [5.74, 6) is 0. The SMILES string of the molecule is c1ccc(-n2c3ccccc3c3c(-c4cccc5c6ccccc6n(-c6ccc(-c7cccc8c7oc7ccccc78)cc6)c45)cccc32)cc1. The number of fused-ring (bicyclic) bond motifs is 9. The molecule has 8 aromatic carbocycles. The Kier molecular flexibility index (Phi) is 5.96. The molecule has 0 radical (unpaired) electrons. The fourth-order valence-electron chi connectivity index (χ4n) is 8.37. The summed E-state index contributed by atoms with van der Waals surface area (Å²) in [7, 11) is 0. The van der Waals surface area contributed by atoms with Crippen molar-refractivity contribution in [3.05, 3.63) is 182 Å². The third-order valence-corrected chi connectivity index (χ3v) is 10.5. The molecule has 238 valence electrons. The van der Waals surface area contributed by atoms with Gasteiger partial charge in [-0.1, -0.05) is 133 Å². The molecular weight excluding hydrogens is 621 g/mol. The number of nitrogens with zero attached hydrogens (tertiary/aromatic N) is 2. The van der Waals surface area contributed by atoms with Gasteiger partial charge in [-0.3, -0.25) is 0 Å². The van der Waals surface area contributed by atoms with E-state index in [1.165, 1.54) is 54.7 Å². The summed E-state index contributed by atoms with van der Waals surface area (Å²) >= 11 is 0. The lowest BCUT2D eigenvalue weighted by Crippen LogP contribution is -1.96. The van der Waals surface area contributed by atoms with Gasteiger partial charge in [-0.2, -0.15) is 0 Å². The second-order valence-electron chi connectivity index (χ2n) is 13.3. The van der Waals surface area contributed by atoms with Crippen LogP contribution < -0.4 is 0 Å². The van der Waals surface area contributed by atoms with E-state index in [1.54, 1.807) is 0 Å². The highest BCUT2D eigenvalue weighted by Gasteiger charge is 2.21. The molecule has 0 aliphatic carbocycles. The van der Waals surface area contributed by atoms with Crippen LogP contribution in [0.25, 0.3) is 99.2 Å². The van der Waals surface area contributed by atoms with Gasteiger partial charge in [0.2, 0.25) is 0 Å². The van der Waals surface area contributed by atoms with E-state index in [1.807, 2.05) is 12.1 Å². The topological polar surface area (TPSA) is 23.0 Å². The van der Waals surface area contributed by atoms with Gasteiger partial charge in [0.05, 0.1) is 22.1 Å². The summed E-state index contributed by atoms with van der Waals surface area (Å²) in [5, 5.41) is 7.27. The number of hydrogen-bond donors (Lipinski definition) is 0. The van der Waals surface area contributed by atoms with Crippen molar-refractivity contribution in [3.63, 3.8) is 0 Å². The second kappa shape index (κ2) is 10.8. The summed E-state index contributed by atoms with van der Waals surface area (Å²) in [6, 6.07) is 65.4. The van der Waals surface area contributed by atoms with E-state index in [-0.39, 0.29) is 0 Å². The molecule has 3 aromatic heterocycles. The van der Waals surface area contributed by atoms with E-state index in [9.17, 15) is 0 Å². The molecule has 51 heavy (non-hydrogen) atoms. The lowest BCUT2D eigenvalue weighted by atomic mass is 9.97. The van der Waals surface area contributed by atoms with Crippen LogP contribution in [0.1, 0.15) is 0 Å². The second-order valence-corrected chi connectivity index (χ2v) is 13.3. The molecule has 0 aliphatic rings. The molecule has 0 spiro atoms. The molecule has 3 nitrogen and oxygen atoms in total. The summed E-state index contributed by atoms with van der Waals surface area (Å²) in [6.45, 7) is 0. The Morgan fingerprint density at radius 2 is 0.902 bits per heavy atom. The molecule has 0 N–H and O–H groups in total. The van der Waals surface area contributed by atoms with Gasteiger partial charge in [0.15, 0.2) is 0 Å². The first-order valence-electron chi connectivity index (χ1n) is 17.4. The molecule has 0 fully saturated rings. The van der Waals surface area contributed by atoms with Crippen molar-refractivity contribution < 1.29 is 4.42 Å². The van der Waals surface area contributed by atoms with Crippen LogP contribution in [0.15, 0.2) is 186 Å². The van der Waals surface area contributed by atoms with Crippen molar-refractivity contribution >= 4 is 65.6 Å². The smallest absolute Gasteiger partial charge is 0.143 e. The maximum atomic E-state index is 6.41. The number of hydrogen-bond acceptors (Lipinski definition) is 1. The molecule has 0 amide bonds. The fourth-order valence-corrected chi connectivity index (χ4v) is 8.37. The third-order valence-electron chi connectivity index (χ3n) is 10.5. The molecule has 0 atom stereocenters. The van der Waals surface area contributed by atoms with Crippen molar-refractivity contribution in [2.75, 3.05) is 0 Å². The lowest BCUT2D eigenvalue weighted by molar-refractivity contribution is 0.670. The first-order valence-corrected chi connectivity index (χ1v) is 17.4. The van der Waals surface area contributed by atoms with Crippen molar-refractivity contribution in [1.29, 1.82) is 0 Å². The summed E-state index contributed by atoms with van der Waals surface area (Å²) < 4.78 is 11.2. The fraction of sp³-hybridized carbons (Fsp3) is 0. The van der Waals surface area contributed by atoms with E-state index >= 15 is 0 Å². The molecular formula is C48H30N2O. The van der Waals surface area contributed by atoms with Gasteiger partial charge in [0.1, 0.15) is 11.2 Å². The van der Waals surface area contributed by atoms with Crippen LogP contribution in [0.2, 0.25) is 0 Å². The predicted octanol–water partition coefficient (Wildman–Crippen LogP) is 13.1. The Morgan fingerprint density at radius 1 is 0.333 bits per heavy atom. The minimum absolute atomic E-state index is 0.913. The predicted molar refractivity (Wildman–Crippen MR) is 213 cm³/mol. The van der Waals surface area contributed by atoms with Gasteiger partial charge in [-0.05, 0) is 59.7 Å². The van der Waals surface area contributed by atoms with Crippen LogP contribution in [0.3, 0.4) is 0 Å². The Balaban J connectivity index is 1.16. The normalized spacial score (nSPS) is 11.9. The first kappa shape index (κ1) is 28.0. The van der Waals surface area contributed by atoms with Gasteiger partial charge in [-0.15, -0.1) is 0 Å². The Labute approximate surface area is 293 Å². The van der Waals surface area contributed by atoms with Crippen molar-refractivity contribution in [2.45, 2.75) is 0 Å². The highest BCUT2D eigenvalue weighted by Crippen LogP contribution is 2.44. The van der Waals surface area contributed by atoms with Crippen LogP contribution in [-0.4, -0.2) is 9.13 Å². The maximum Gasteiger partial charge on any atom is 0.143 e. The zero-order chi connectivity index (χ0) is 33.5. The van der Waals surface area contributed by atoms with Gasteiger partial charge < -0.3 is 13.6 Å². The van der Waals surface area contributed by atoms with Crippen LogP contribution in [0.5, 0.6) is 0 Å². The minimum atomic E-state index is 0.913. The number of para-hydroxylation sites is 6. The summed E-state index contributed by atoms with van der Waals surface area (Å²) in [5.41, 5.74) is 13.6. The molecule has 11 rings (SSSR count). The molecule has 0 saturated heterocycles. The van der Waals surface area contributed by atoms with Gasteiger partial charge >= 0.3 is 0 Å². The maximum absolute atomic E-state index is 6.41. The monoisotopic (exact) mass is 650 g/mol. The summed E-state index contributed by atoms with van der Waals surface area (Å²) in [6.07, 6.45) is 0. The standard InChI is InChI=1S/C48H30N2O/c1-2-13-32(14-3-1)49-43-24-8-5-17-41(43)46-37(19-12-25-44(46)49)39-21-11-20-38-35-15-4-7-23-42(35)50(47(38)39)33-29-27-31(28-30-33)34-18-10-22-40-36-16-6-9-26-45(36)51-48(34)40/h1-30H. The zero-order valence-corrected chi connectivity index (χ0v) is 27.6. The average molecular weight is 651 g/mol. The average Bonchev–Trinajstić information content (AvgIpc) is 3.86. The van der Waals surface area contributed by atoms with E-state index in [0.717, 1.165) is 44.4 Å².